The van der Waals surface area contributed by atoms with Gasteiger partial charge in [-0.1, -0.05) is 20.8 Å². The summed E-state index contributed by atoms with van der Waals surface area (Å²) in [5, 5.41) is 3.64. The van der Waals surface area contributed by atoms with Crippen LogP contribution in [0.2, 0.25) is 0 Å². The van der Waals surface area contributed by atoms with Crippen molar-refractivity contribution in [3.8, 4) is 0 Å². The summed E-state index contributed by atoms with van der Waals surface area (Å²) in [6.45, 7) is 11.7. The maximum atomic E-state index is 3.64. The van der Waals surface area contributed by atoms with E-state index in [4.69, 9.17) is 0 Å². The van der Waals surface area contributed by atoms with Crippen LogP contribution in [0.3, 0.4) is 0 Å². The van der Waals surface area contributed by atoms with E-state index in [1.54, 1.807) is 4.88 Å². The molecule has 0 amide bonds. The molecule has 0 saturated heterocycles. The van der Waals surface area contributed by atoms with Crippen LogP contribution in [-0.2, 0) is 0 Å². The minimum atomic E-state index is 0.518. The Morgan fingerprint density at radius 2 is 2.16 bits per heavy atom. The highest BCUT2D eigenvalue weighted by molar-refractivity contribution is 7.12. The van der Waals surface area contributed by atoms with Gasteiger partial charge in [0.2, 0.25) is 0 Å². The second kappa shape index (κ2) is 6.41. The lowest BCUT2D eigenvalue weighted by atomic mass is 9.66. The number of rotatable bonds is 5. The normalized spacial score (nSPS) is 26.5. The Morgan fingerprint density at radius 1 is 1.37 bits per heavy atom. The van der Waals surface area contributed by atoms with Gasteiger partial charge in [-0.3, -0.25) is 0 Å². The molecule has 1 aromatic heterocycles. The molecule has 2 atom stereocenters. The third-order valence-electron chi connectivity index (χ3n) is 4.49. The van der Waals surface area contributed by atoms with E-state index in [-0.39, 0.29) is 0 Å². The minimum absolute atomic E-state index is 0.518. The SMILES string of the molecule is CCCNCC1CCC(C)(C)CC1c1ccc(C)s1. The van der Waals surface area contributed by atoms with Crippen LogP contribution in [0.1, 0.15) is 62.1 Å². The molecule has 1 nitrogen and oxygen atoms in total. The average molecular weight is 279 g/mol. The quantitative estimate of drug-likeness (QED) is 0.751. The Balaban J connectivity index is 2.07. The van der Waals surface area contributed by atoms with E-state index < -0.39 is 0 Å². The van der Waals surface area contributed by atoms with E-state index in [2.05, 4.69) is 45.1 Å². The predicted octanol–water partition coefficient (Wildman–Crippen LogP) is 4.97. The predicted molar refractivity (Wildman–Crippen MR) is 86.1 cm³/mol. The van der Waals surface area contributed by atoms with Gasteiger partial charge in [-0.25, -0.2) is 0 Å². The summed E-state index contributed by atoms with van der Waals surface area (Å²) in [5.74, 6) is 1.60. The van der Waals surface area contributed by atoms with E-state index in [1.807, 2.05) is 11.3 Å². The summed E-state index contributed by atoms with van der Waals surface area (Å²) < 4.78 is 0. The fraction of sp³-hybridized carbons (Fsp3) is 0.765. The lowest BCUT2D eigenvalue weighted by Crippen LogP contribution is -2.34. The number of aryl methyl sites for hydroxylation is 1. The van der Waals surface area contributed by atoms with Crippen LogP contribution in [0, 0.1) is 18.3 Å². The van der Waals surface area contributed by atoms with Crippen molar-refractivity contribution in [3.63, 3.8) is 0 Å². The van der Waals surface area contributed by atoms with Crippen LogP contribution in [0.5, 0.6) is 0 Å². The van der Waals surface area contributed by atoms with E-state index in [9.17, 15) is 0 Å². The van der Waals surface area contributed by atoms with Crippen LogP contribution in [0.15, 0.2) is 12.1 Å². The summed E-state index contributed by atoms with van der Waals surface area (Å²) in [5.41, 5.74) is 0.518. The number of nitrogens with one attached hydrogen (secondary N) is 1. The van der Waals surface area contributed by atoms with Crippen LogP contribution < -0.4 is 5.32 Å². The Labute approximate surface area is 122 Å². The monoisotopic (exact) mass is 279 g/mol. The zero-order valence-corrected chi connectivity index (χ0v) is 13.8. The van der Waals surface area contributed by atoms with Gasteiger partial charge in [0.25, 0.3) is 0 Å². The molecule has 108 valence electrons. The van der Waals surface area contributed by atoms with Gasteiger partial charge in [-0.2, -0.15) is 0 Å². The van der Waals surface area contributed by atoms with E-state index in [0.717, 1.165) is 18.4 Å². The second-order valence-corrected chi connectivity index (χ2v) is 8.25. The van der Waals surface area contributed by atoms with Gasteiger partial charge < -0.3 is 5.32 Å². The van der Waals surface area contributed by atoms with Gasteiger partial charge >= 0.3 is 0 Å². The highest BCUT2D eigenvalue weighted by Gasteiger charge is 2.35. The zero-order valence-electron chi connectivity index (χ0n) is 13.0. The van der Waals surface area contributed by atoms with Crippen molar-refractivity contribution in [2.45, 2.75) is 59.3 Å². The standard InChI is InChI=1S/C17H29NS/c1-5-10-18-12-14-8-9-17(3,4)11-15(14)16-7-6-13(2)19-16/h6-7,14-15,18H,5,8-12H2,1-4H3. The Morgan fingerprint density at radius 3 is 2.79 bits per heavy atom. The summed E-state index contributed by atoms with van der Waals surface area (Å²) in [6, 6.07) is 4.66. The van der Waals surface area contributed by atoms with Crippen LogP contribution in [-0.4, -0.2) is 13.1 Å². The first kappa shape index (κ1) is 15.1. The van der Waals surface area contributed by atoms with Crippen molar-refractivity contribution in [2.24, 2.45) is 11.3 Å². The van der Waals surface area contributed by atoms with Gasteiger partial charge in [0.15, 0.2) is 0 Å². The minimum Gasteiger partial charge on any atom is -0.316 e. The third-order valence-corrected chi connectivity index (χ3v) is 5.63. The molecule has 1 aromatic rings. The fourth-order valence-corrected chi connectivity index (χ4v) is 4.41. The molecule has 0 bridgehead atoms. The fourth-order valence-electron chi connectivity index (χ4n) is 3.34. The summed E-state index contributed by atoms with van der Waals surface area (Å²) in [6.07, 6.45) is 5.35. The van der Waals surface area contributed by atoms with E-state index >= 15 is 0 Å². The summed E-state index contributed by atoms with van der Waals surface area (Å²) in [4.78, 5) is 3.08. The molecule has 2 heteroatoms. The van der Waals surface area contributed by atoms with Crippen LogP contribution in [0.4, 0.5) is 0 Å². The lowest BCUT2D eigenvalue weighted by Gasteiger charge is -2.40. The Kier molecular flexibility index (Phi) is 5.08. The van der Waals surface area contributed by atoms with Crippen molar-refractivity contribution in [1.82, 2.24) is 5.32 Å². The van der Waals surface area contributed by atoms with Gasteiger partial charge in [0.05, 0.1) is 0 Å². The summed E-state index contributed by atoms with van der Waals surface area (Å²) >= 11 is 2.01. The molecule has 1 fully saturated rings. The molecule has 19 heavy (non-hydrogen) atoms. The number of hydrogen-bond acceptors (Lipinski definition) is 2. The van der Waals surface area contributed by atoms with E-state index in [1.165, 1.54) is 37.1 Å². The van der Waals surface area contributed by atoms with Gasteiger partial charge in [-0.15, -0.1) is 11.3 Å². The van der Waals surface area contributed by atoms with Crippen molar-refractivity contribution in [2.75, 3.05) is 13.1 Å². The summed E-state index contributed by atoms with van der Waals surface area (Å²) in [7, 11) is 0. The number of hydrogen-bond donors (Lipinski definition) is 1. The molecule has 0 aromatic carbocycles. The first-order valence-corrected chi connectivity index (χ1v) is 8.60. The molecular weight excluding hydrogens is 250 g/mol. The first-order chi connectivity index (χ1) is 9.02. The molecule has 1 saturated carbocycles. The average Bonchev–Trinajstić information content (AvgIpc) is 2.77. The second-order valence-electron chi connectivity index (χ2n) is 6.93. The van der Waals surface area contributed by atoms with Crippen molar-refractivity contribution >= 4 is 11.3 Å². The van der Waals surface area contributed by atoms with Crippen LogP contribution in [0.25, 0.3) is 0 Å². The molecule has 0 radical (unpaired) electrons. The largest absolute Gasteiger partial charge is 0.316 e. The third kappa shape index (κ3) is 4.06. The van der Waals surface area contributed by atoms with Crippen molar-refractivity contribution in [1.29, 1.82) is 0 Å². The van der Waals surface area contributed by atoms with Crippen molar-refractivity contribution < 1.29 is 0 Å². The molecule has 0 aliphatic heterocycles. The highest BCUT2D eigenvalue weighted by atomic mass is 32.1. The Bertz CT molecular complexity index is 394. The topological polar surface area (TPSA) is 12.0 Å². The molecule has 2 unspecified atom stereocenters. The van der Waals surface area contributed by atoms with Gasteiger partial charge in [0.1, 0.15) is 0 Å². The maximum absolute atomic E-state index is 3.64. The van der Waals surface area contributed by atoms with Crippen LogP contribution >= 0.6 is 11.3 Å². The first-order valence-electron chi connectivity index (χ1n) is 7.79. The van der Waals surface area contributed by atoms with E-state index in [0.29, 0.717) is 5.41 Å². The molecule has 1 heterocycles. The highest BCUT2D eigenvalue weighted by Crippen LogP contribution is 2.47. The Hall–Kier alpha value is -0.340. The smallest absolute Gasteiger partial charge is 0.00824 e. The van der Waals surface area contributed by atoms with Crippen molar-refractivity contribution in [3.05, 3.63) is 21.9 Å². The van der Waals surface area contributed by atoms with Gasteiger partial charge in [0, 0.05) is 9.75 Å². The number of thiophene rings is 1. The molecular formula is C17H29NS. The molecule has 1 N–H and O–H groups in total. The molecule has 1 aliphatic rings. The molecule has 2 rings (SSSR count). The lowest BCUT2D eigenvalue weighted by molar-refractivity contribution is 0.161. The molecule has 0 spiro atoms. The maximum Gasteiger partial charge on any atom is 0.00824 e. The van der Waals surface area contributed by atoms with Gasteiger partial charge in [-0.05, 0) is 75.1 Å². The molecule has 1 aliphatic carbocycles. The zero-order chi connectivity index (χ0) is 13.9.